The summed E-state index contributed by atoms with van der Waals surface area (Å²) in [6.45, 7) is 0.366. The third kappa shape index (κ3) is 5.43. The Bertz CT molecular complexity index is 1550. The van der Waals surface area contributed by atoms with Crippen molar-refractivity contribution in [3.63, 3.8) is 0 Å². The summed E-state index contributed by atoms with van der Waals surface area (Å²) in [6.07, 6.45) is 7.66. The lowest BCUT2D eigenvalue weighted by Gasteiger charge is -2.37. The zero-order valence-electron chi connectivity index (χ0n) is 21.5. The molecule has 1 N–H and O–H groups in total. The molecule has 39 heavy (non-hydrogen) atoms. The average Bonchev–Trinajstić information content (AvgIpc) is 3.46. The van der Waals surface area contributed by atoms with Gasteiger partial charge in [0.1, 0.15) is 6.61 Å². The number of rotatable bonds is 7. The largest absolute Gasteiger partial charge is 0.493 e. The number of benzene rings is 4. The average molecular weight is 647 g/mol. The molecule has 4 nitrogen and oxygen atoms in total. The topological polar surface area (TPSA) is 42.8 Å². The molecule has 0 radical (unpaired) electrons. The monoisotopic (exact) mass is 646 g/mol. The zero-order valence-corrected chi connectivity index (χ0v) is 24.4. The van der Waals surface area contributed by atoms with Crippen LogP contribution in [0.1, 0.15) is 40.6 Å². The molecule has 0 unspecified atom stereocenters. The van der Waals surface area contributed by atoms with E-state index in [1.807, 2.05) is 42.6 Å². The second-order valence-electron chi connectivity index (χ2n) is 9.83. The minimum Gasteiger partial charge on any atom is -0.493 e. The Morgan fingerprint density at radius 3 is 2.64 bits per heavy atom. The molecule has 4 aromatic carbocycles. The van der Waals surface area contributed by atoms with Crippen LogP contribution in [0, 0.1) is 9.49 Å². The van der Waals surface area contributed by atoms with E-state index in [2.05, 4.69) is 88.6 Å². The van der Waals surface area contributed by atoms with Gasteiger partial charge in [-0.2, -0.15) is 0 Å². The van der Waals surface area contributed by atoms with Gasteiger partial charge in [-0.05, 0) is 88.0 Å². The molecular formula is C33H28ClIN2O2. The number of methoxy groups -OCH3 is 1. The highest BCUT2D eigenvalue weighted by atomic mass is 127. The molecule has 0 saturated carbocycles. The van der Waals surface area contributed by atoms with Crippen molar-refractivity contribution in [2.24, 2.45) is 10.9 Å². The van der Waals surface area contributed by atoms with Crippen LogP contribution in [0.3, 0.4) is 0 Å². The summed E-state index contributed by atoms with van der Waals surface area (Å²) in [5.41, 5.74) is 6.70. The Hall–Kier alpha value is -3.29. The molecule has 6 heteroatoms. The third-order valence-corrected chi connectivity index (χ3v) is 8.64. The van der Waals surface area contributed by atoms with Crippen LogP contribution in [0.2, 0.25) is 5.02 Å². The highest BCUT2D eigenvalue weighted by Crippen LogP contribution is 2.49. The number of allylic oxidation sites excluding steroid dienone is 2. The molecule has 1 aliphatic heterocycles. The van der Waals surface area contributed by atoms with Gasteiger partial charge in [0.05, 0.1) is 22.4 Å². The van der Waals surface area contributed by atoms with E-state index in [1.165, 1.54) is 16.8 Å². The second-order valence-corrected chi connectivity index (χ2v) is 11.4. The maximum Gasteiger partial charge on any atom is 0.174 e. The molecule has 0 amide bonds. The predicted octanol–water partition coefficient (Wildman–Crippen LogP) is 9.11. The van der Waals surface area contributed by atoms with E-state index in [1.54, 1.807) is 7.11 Å². The molecule has 6 rings (SSSR count). The van der Waals surface area contributed by atoms with Crippen molar-refractivity contribution >= 4 is 51.8 Å². The molecule has 3 atom stereocenters. The number of anilines is 1. The summed E-state index contributed by atoms with van der Waals surface area (Å²) >= 11 is 8.56. The van der Waals surface area contributed by atoms with Gasteiger partial charge in [-0.1, -0.05) is 72.3 Å². The van der Waals surface area contributed by atoms with Gasteiger partial charge >= 0.3 is 0 Å². The van der Waals surface area contributed by atoms with Crippen molar-refractivity contribution in [1.29, 1.82) is 0 Å². The summed E-state index contributed by atoms with van der Waals surface area (Å²) < 4.78 is 12.7. The van der Waals surface area contributed by atoms with E-state index in [0.29, 0.717) is 35.0 Å². The Balaban J connectivity index is 1.17. The molecule has 1 aliphatic carbocycles. The van der Waals surface area contributed by atoms with E-state index in [0.717, 1.165) is 26.8 Å². The summed E-state index contributed by atoms with van der Waals surface area (Å²) in [4.78, 5) is 4.74. The number of para-hydroxylation sites is 1. The fraction of sp³-hybridized carbons (Fsp3) is 0.182. The van der Waals surface area contributed by atoms with Gasteiger partial charge in [-0.25, -0.2) is 0 Å². The highest BCUT2D eigenvalue weighted by molar-refractivity contribution is 14.1. The van der Waals surface area contributed by atoms with Gasteiger partial charge in [0.25, 0.3) is 0 Å². The standard InChI is InChI=1S/C33H28ClIN2O2/c1-38-31-18-21(17-29(35)33(31)39-20-23-7-2-4-11-28(23)34)19-36-24-15-13-22(14-16-24)32-27-10-6-9-25(27)26-8-3-5-12-30(26)37-32/h2-9,11-19,25,27,32,37H,10,20H2,1H3/t25-,27+,32-/m0/s1. The van der Waals surface area contributed by atoms with Crippen molar-refractivity contribution in [2.45, 2.75) is 25.0 Å². The number of fused-ring (bicyclic) bond motifs is 3. The number of ether oxygens (including phenoxy) is 2. The maximum absolute atomic E-state index is 6.29. The predicted molar refractivity (Wildman–Crippen MR) is 168 cm³/mol. The van der Waals surface area contributed by atoms with Crippen LogP contribution in [0.25, 0.3) is 0 Å². The first-order chi connectivity index (χ1) is 19.1. The van der Waals surface area contributed by atoms with Gasteiger partial charge in [0.2, 0.25) is 0 Å². The Morgan fingerprint density at radius 1 is 1.03 bits per heavy atom. The van der Waals surface area contributed by atoms with Gasteiger partial charge < -0.3 is 14.8 Å². The molecule has 0 saturated heterocycles. The van der Waals surface area contributed by atoms with E-state index >= 15 is 0 Å². The fourth-order valence-electron chi connectivity index (χ4n) is 5.51. The molecule has 0 spiro atoms. The van der Waals surface area contributed by atoms with Gasteiger partial charge in [-0.3, -0.25) is 4.99 Å². The lowest BCUT2D eigenvalue weighted by Crippen LogP contribution is -2.28. The SMILES string of the molecule is COc1cc(C=Nc2ccc([C@@H]3Nc4ccccc4[C@@H]4C=CC[C@H]43)cc2)cc(I)c1OCc1ccccc1Cl. The summed E-state index contributed by atoms with van der Waals surface area (Å²) in [6, 6.07) is 29.2. The minimum atomic E-state index is 0.280. The van der Waals surface area contributed by atoms with Gasteiger partial charge in [-0.15, -0.1) is 0 Å². The second kappa shape index (κ2) is 11.4. The number of aliphatic imine (C=N–C) groups is 1. The Labute approximate surface area is 247 Å². The van der Waals surface area contributed by atoms with Gasteiger partial charge in [0, 0.05) is 28.4 Å². The number of halogens is 2. The number of nitrogens with zero attached hydrogens (tertiary/aromatic N) is 1. The van der Waals surface area contributed by atoms with Crippen LogP contribution in [0.15, 0.2) is 102 Å². The first-order valence-corrected chi connectivity index (χ1v) is 14.5. The molecule has 1 heterocycles. The van der Waals surface area contributed by atoms with Gasteiger partial charge in [0.15, 0.2) is 11.5 Å². The summed E-state index contributed by atoms with van der Waals surface area (Å²) in [5.74, 6) is 2.36. The van der Waals surface area contributed by atoms with Crippen molar-refractivity contribution in [3.8, 4) is 11.5 Å². The van der Waals surface area contributed by atoms with E-state index in [-0.39, 0.29) is 6.04 Å². The highest BCUT2D eigenvalue weighted by Gasteiger charge is 2.37. The number of hydrogen-bond acceptors (Lipinski definition) is 4. The van der Waals surface area contributed by atoms with Crippen LogP contribution >= 0.6 is 34.2 Å². The molecule has 4 aromatic rings. The van der Waals surface area contributed by atoms with Crippen LogP contribution in [-0.2, 0) is 6.61 Å². The smallest absolute Gasteiger partial charge is 0.174 e. The molecular weight excluding hydrogens is 619 g/mol. The van der Waals surface area contributed by atoms with Crippen molar-refractivity contribution in [1.82, 2.24) is 0 Å². The first-order valence-electron chi connectivity index (χ1n) is 13.0. The Morgan fingerprint density at radius 2 is 1.82 bits per heavy atom. The maximum atomic E-state index is 6.29. The lowest BCUT2D eigenvalue weighted by atomic mass is 9.77. The molecule has 0 bridgehead atoms. The molecule has 196 valence electrons. The van der Waals surface area contributed by atoms with E-state index in [4.69, 9.17) is 26.1 Å². The third-order valence-electron chi connectivity index (χ3n) is 7.47. The van der Waals surface area contributed by atoms with Crippen molar-refractivity contribution in [2.75, 3.05) is 12.4 Å². The minimum absolute atomic E-state index is 0.280. The van der Waals surface area contributed by atoms with Crippen molar-refractivity contribution < 1.29 is 9.47 Å². The molecule has 0 aromatic heterocycles. The lowest BCUT2D eigenvalue weighted by molar-refractivity contribution is 0.282. The first kappa shape index (κ1) is 26.0. The van der Waals surface area contributed by atoms with E-state index in [9.17, 15) is 0 Å². The van der Waals surface area contributed by atoms with E-state index < -0.39 is 0 Å². The van der Waals surface area contributed by atoms with Crippen LogP contribution in [0.5, 0.6) is 11.5 Å². The van der Waals surface area contributed by atoms with Crippen LogP contribution in [-0.4, -0.2) is 13.3 Å². The van der Waals surface area contributed by atoms with Crippen LogP contribution in [0.4, 0.5) is 11.4 Å². The van der Waals surface area contributed by atoms with Crippen LogP contribution < -0.4 is 14.8 Å². The van der Waals surface area contributed by atoms with Crippen molar-refractivity contribution in [3.05, 3.63) is 128 Å². The normalized spacial score (nSPS) is 19.4. The molecule has 2 aliphatic rings. The summed E-state index contributed by atoms with van der Waals surface area (Å²) in [5, 5.41) is 4.48. The Kier molecular flexibility index (Phi) is 7.62. The number of hydrogen-bond donors (Lipinski definition) is 1. The fourth-order valence-corrected chi connectivity index (χ4v) is 6.48. The summed E-state index contributed by atoms with van der Waals surface area (Å²) in [7, 11) is 1.65. The quantitative estimate of drug-likeness (QED) is 0.124. The number of nitrogens with one attached hydrogen (secondary N) is 1. The molecule has 0 fully saturated rings. The zero-order chi connectivity index (χ0) is 26.8.